The molecule has 0 aromatic carbocycles. The highest BCUT2D eigenvalue weighted by Crippen LogP contribution is 2.29. The van der Waals surface area contributed by atoms with E-state index < -0.39 is 0 Å². The Kier molecular flexibility index (Phi) is 4.07. The van der Waals surface area contributed by atoms with Crippen LogP contribution in [-0.4, -0.2) is 36.1 Å². The van der Waals surface area contributed by atoms with Crippen LogP contribution in [0.2, 0.25) is 0 Å². The molecule has 1 heterocycles. The molecule has 0 aliphatic carbocycles. The number of hydrogen-bond acceptors (Lipinski definition) is 2. The van der Waals surface area contributed by atoms with Crippen molar-refractivity contribution in [1.29, 1.82) is 0 Å². The molecule has 0 spiro atoms. The number of nitrogens with one attached hydrogen (secondary N) is 1. The van der Waals surface area contributed by atoms with Gasteiger partial charge in [0.25, 0.3) is 0 Å². The zero-order chi connectivity index (χ0) is 12.6. The van der Waals surface area contributed by atoms with Crippen LogP contribution in [0.25, 0.3) is 0 Å². The van der Waals surface area contributed by atoms with Gasteiger partial charge in [-0.05, 0) is 25.2 Å². The summed E-state index contributed by atoms with van der Waals surface area (Å²) in [5.74, 6) is 0.749. The van der Waals surface area contributed by atoms with E-state index in [1.807, 2.05) is 0 Å². The summed E-state index contributed by atoms with van der Waals surface area (Å²) >= 11 is 0. The fourth-order valence-electron chi connectivity index (χ4n) is 2.69. The third kappa shape index (κ3) is 3.74. The van der Waals surface area contributed by atoms with Gasteiger partial charge in [-0.15, -0.1) is 0 Å². The third-order valence-electron chi connectivity index (χ3n) is 3.41. The first kappa shape index (κ1) is 14.0. The summed E-state index contributed by atoms with van der Waals surface area (Å²) in [4.78, 5) is 2.68. The molecule has 2 heteroatoms. The normalized spacial score (nSPS) is 27.4. The number of hydrogen-bond donors (Lipinski definition) is 1. The molecule has 0 amide bonds. The van der Waals surface area contributed by atoms with E-state index >= 15 is 0 Å². The predicted molar refractivity (Wildman–Crippen MR) is 71.7 cm³/mol. The molecule has 1 aliphatic rings. The van der Waals surface area contributed by atoms with Crippen molar-refractivity contribution in [1.82, 2.24) is 10.2 Å². The van der Waals surface area contributed by atoms with Gasteiger partial charge in [0.1, 0.15) is 0 Å². The van der Waals surface area contributed by atoms with E-state index in [2.05, 4.69) is 58.7 Å². The Bertz CT molecular complexity index is 225. The Morgan fingerprint density at radius 1 is 1.31 bits per heavy atom. The summed E-state index contributed by atoms with van der Waals surface area (Å²) in [5, 5.41) is 3.68. The average molecular weight is 226 g/mol. The van der Waals surface area contributed by atoms with E-state index in [9.17, 15) is 0 Å². The number of rotatable bonds is 2. The highest BCUT2D eigenvalue weighted by Gasteiger charge is 2.38. The Morgan fingerprint density at radius 2 is 1.88 bits per heavy atom. The lowest BCUT2D eigenvalue weighted by Crippen LogP contribution is -2.65. The van der Waals surface area contributed by atoms with Gasteiger partial charge in [0.2, 0.25) is 0 Å². The largest absolute Gasteiger partial charge is 0.309 e. The van der Waals surface area contributed by atoms with Crippen LogP contribution < -0.4 is 5.32 Å². The summed E-state index contributed by atoms with van der Waals surface area (Å²) in [6.45, 7) is 19.8. The van der Waals surface area contributed by atoms with Gasteiger partial charge in [-0.3, -0.25) is 4.90 Å². The van der Waals surface area contributed by atoms with Gasteiger partial charge in [-0.2, -0.15) is 0 Å². The van der Waals surface area contributed by atoms with Gasteiger partial charge < -0.3 is 5.32 Å². The molecule has 1 N–H and O–H groups in total. The summed E-state index contributed by atoms with van der Waals surface area (Å²) in [7, 11) is 0. The summed E-state index contributed by atoms with van der Waals surface area (Å²) < 4.78 is 0. The molecule has 1 unspecified atom stereocenters. The maximum absolute atomic E-state index is 3.68. The van der Waals surface area contributed by atoms with Crippen molar-refractivity contribution in [3.8, 4) is 0 Å². The van der Waals surface area contributed by atoms with Gasteiger partial charge in [0, 0.05) is 31.2 Å². The van der Waals surface area contributed by atoms with Crippen LogP contribution in [0.4, 0.5) is 0 Å². The van der Waals surface area contributed by atoms with Gasteiger partial charge in [0.15, 0.2) is 0 Å². The van der Waals surface area contributed by atoms with Crippen molar-refractivity contribution in [3.63, 3.8) is 0 Å². The first-order chi connectivity index (χ1) is 7.12. The third-order valence-corrected chi connectivity index (χ3v) is 3.41. The minimum absolute atomic E-state index is 0.261. The van der Waals surface area contributed by atoms with Crippen molar-refractivity contribution in [2.24, 2.45) is 11.3 Å². The van der Waals surface area contributed by atoms with Crippen LogP contribution in [0, 0.1) is 11.3 Å². The average Bonchev–Trinajstić information content (AvgIpc) is 1.97. The lowest BCUT2D eigenvalue weighted by Gasteiger charge is -2.50. The van der Waals surface area contributed by atoms with Gasteiger partial charge >= 0.3 is 0 Å². The monoisotopic (exact) mass is 226 g/mol. The van der Waals surface area contributed by atoms with Crippen molar-refractivity contribution >= 4 is 0 Å². The van der Waals surface area contributed by atoms with Crippen LogP contribution in [0.5, 0.6) is 0 Å². The van der Waals surface area contributed by atoms with E-state index in [0.717, 1.165) is 19.0 Å². The first-order valence-corrected chi connectivity index (χ1v) is 6.61. The smallest absolute Gasteiger partial charge is 0.0270 e. The minimum atomic E-state index is 0.261. The highest BCUT2D eigenvalue weighted by molar-refractivity contribution is 4.96. The molecule has 1 fully saturated rings. The van der Waals surface area contributed by atoms with E-state index in [-0.39, 0.29) is 5.54 Å². The second-order valence-electron chi connectivity index (χ2n) is 7.47. The molecule has 1 aliphatic heterocycles. The van der Waals surface area contributed by atoms with Crippen LogP contribution in [-0.2, 0) is 0 Å². The quantitative estimate of drug-likeness (QED) is 0.779. The Morgan fingerprint density at radius 3 is 2.31 bits per heavy atom. The van der Waals surface area contributed by atoms with E-state index in [1.165, 1.54) is 6.54 Å². The second kappa shape index (κ2) is 4.66. The van der Waals surface area contributed by atoms with Crippen molar-refractivity contribution in [2.75, 3.05) is 19.6 Å². The van der Waals surface area contributed by atoms with Gasteiger partial charge in [-0.1, -0.05) is 34.6 Å². The van der Waals surface area contributed by atoms with E-state index in [0.29, 0.717) is 11.5 Å². The van der Waals surface area contributed by atoms with Gasteiger partial charge in [0.05, 0.1) is 0 Å². The van der Waals surface area contributed by atoms with Crippen molar-refractivity contribution in [3.05, 3.63) is 0 Å². The van der Waals surface area contributed by atoms with Crippen LogP contribution in [0.15, 0.2) is 0 Å². The topological polar surface area (TPSA) is 15.3 Å². The Labute approximate surface area is 102 Å². The number of piperazine rings is 1. The predicted octanol–water partition coefficient (Wildman–Crippen LogP) is 2.74. The standard InChI is InChI=1S/C14H30N2/c1-11(2)9-16-10-14(6,7)15-8-12(16)13(3,4)5/h11-12,15H,8-10H2,1-7H3. The Balaban J connectivity index is 2.76. The zero-order valence-electron chi connectivity index (χ0n) is 12.2. The molecule has 96 valence electrons. The highest BCUT2D eigenvalue weighted by atomic mass is 15.3. The van der Waals surface area contributed by atoms with Gasteiger partial charge in [-0.25, -0.2) is 0 Å². The summed E-state index contributed by atoms with van der Waals surface area (Å²) in [5.41, 5.74) is 0.620. The lowest BCUT2D eigenvalue weighted by atomic mass is 9.82. The fraction of sp³-hybridized carbons (Fsp3) is 1.00. The molecule has 0 bridgehead atoms. The lowest BCUT2D eigenvalue weighted by molar-refractivity contribution is 0.0252. The molecule has 0 aromatic heterocycles. The van der Waals surface area contributed by atoms with Crippen LogP contribution in [0.1, 0.15) is 48.5 Å². The molecule has 1 atom stereocenters. The molecule has 1 rings (SSSR count). The Hall–Kier alpha value is -0.0800. The minimum Gasteiger partial charge on any atom is -0.309 e. The summed E-state index contributed by atoms with van der Waals surface area (Å²) in [6.07, 6.45) is 0. The van der Waals surface area contributed by atoms with Crippen LogP contribution in [0.3, 0.4) is 0 Å². The second-order valence-corrected chi connectivity index (χ2v) is 7.47. The van der Waals surface area contributed by atoms with Crippen molar-refractivity contribution in [2.45, 2.75) is 60.0 Å². The molecule has 2 nitrogen and oxygen atoms in total. The van der Waals surface area contributed by atoms with E-state index in [1.54, 1.807) is 0 Å². The maximum Gasteiger partial charge on any atom is 0.0270 e. The molecular formula is C14H30N2. The fourth-order valence-corrected chi connectivity index (χ4v) is 2.69. The molecule has 0 saturated carbocycles. The molecular weight excluding hydrogens is 196 g/mol. The zero-order valence-corrected chi connectivity index (χ0v) is 12.2. The van der Waals surface area contributed by atoms with Crippen LogP contribution >= 0.6 is 0 Å². The summed E-state index contributed by atoms with van der Waals surface area (Å²) in [6, 6.07) is 0.655. The molecule has 1 saturated heterocycles. The molecule has 0 aromatic rings. The van der Waals surface area contributed by atoms with Crippen molar-refractivity contribution < 1.29 is 0 Å². The first-order valence-electron chi connectivity index (χ1n) is 6.61. The molecule has 0 radical (unpaired) electrons. The maximum atomic E-state index is 3.68. The van der Waals surface area contributed by atoms with E-state index in [4.69, 9.17) is 0 Å². The molecule has 16 heavy (non-hydrogen) atoms. The SMILES string of the molecule is CC(C)CN1CC(C)(C)NCC1C(C)(C)C. The number of nitrogens with zero attached hydrogens (tertiary/aromatic N) is 1.